The summed E-state index contributed by atoms with van der Waals surface area (Å²) in [5.74, 6) is 3.01. The molecule has 0 bridgehead atoms. The van der Waals surface area contributed by atoms with Gasteiger partial charge in [0.2, 0.25) is 0 Å². The van der Waals surface area contributed by atoms with Crippen molar-refractivity contribution in [1.82, 2.24) is 15.3 Å². The predicted octanol–water partition coefficient (Wildman–Crippen LogP) is 5.16. The van der Waals surface area contributed by atoms with Crippen LogP contribution in [-0.2, 0) is 18.3 Å². The first-order valence-corrected chi connectivity index (χ1v) is 14.7. The van der Waals surface area contributed by atoms with Crippen molar-refractivity contribution in [2.75, 3.05) is 48.3 Å². The highest BCUT2D eigenvalue weighted by Gasteiger charge is 2.50. The van der Waals surface area contributed by atoms with Gasteiger partial charge >= 0.3 is 0 Å². The topological polar surface area (TPSA) is 94.1 Å². The van der Waals surface area contributed by atoms with Gasteiger partial charge < -0.3 is 20.9 Å². The van der Waals surface area contributed by atoms with E-state index in [1.807, 2.05) is 0 Å². The first-order valence-electron chi connectivity index (χ1n) is 13.8. The Morgan fingerprint density at radius 1 is 1.11 bits per heavy atom. The van der Waals surface area contributed by atoms with Crippen LogP contribution in [0, 0.1) is 16.7 Å². The Hall–Kier alpha value is -2.79. The van der Waals surface area contributed by atoms with Gasteiger partial charge in [-0.05, 0) is 55.9 Å². The van der Waals surface area contributed by atoms with Gasteiger partial charge in [-0.3, -0.25) is 0 Å². The number of aromatic nitrogens is 2. The molecule has 3 fully saturated rings. The largest absolute Gasteiger partial charge is 0.389 e. The van der Waals surface area contributed by atoms with Crippen LogP contribution in [-0.4, -0.2) is 42.7 Å². The number of nitrogens with one attached hydrogen (secondary N) is 1. The van der Waals surface area contributed by atoms with Gasteiger partial charge in [-0.15, -0.1) is 11.3 Å². The molecule has 0 unspecified atom stereocenters. The molecule has 0 aromatic carbocycles. The van der Waals surface area contributed by atoms with Crippen LogP contribution < -0.4 is 20.9 Å². The highest BCUT2D eigenvalue weighted by Crippen LogP contribution is 2.51. The fourth-order valence-electron chi connectivity index (χ4n) is 6.45. The molecule has 0 saturated carbocycles. The van der Waals surface area contributed by atoms with Gasteiger partial charge in [-0.1, -0.05) is 27.4 Å². The Kier molecular flexibility index (Phi) is 7.10. The van der Waals surface area contributed by atoms with Crippen molar-refractivity contribution in [3.05, 3.63) is 40.2 Å². The fourth-order valence-corrected chi connectivity index (χ4v) is 7.63. The molecule has 8 heteroatoms. The van der Waals surface area contributed by atoms with Crippen molar-refractivity contribution >= 4 is 28.0 Å². The van der Waals surface area contributed by atoms with E-state index in [2.05, 4.69) is 54.6 Å². The summed E-state index contributed by atoms with van der Waals surface area (Å²) in [4.78, 5) is 15.9. The summed E-state index contributed by atoms with van der Waals surface area (Å²) in [6, 6.07) is 4.58. The van der Waals surface area contributed by atoms with Crippen LogP contribution in [0.1, 0.15) is 81.1 Å². The Balaban J connectivity index is 0.000000412. The van der Waals surface area contributed by atoms with Gasteiger partial charge in [0.1, 0.15) is 28.5 Å². The van der Waals surface area contributed by atoms with E-state index in [1.165, 1.54) is 48.2 Å². The average molecular weight is 520 g/mol. The number of nitrogens with two attached hydrogens (primary N) is 1. The minimum atomic E-state index is 0.0529. The third kappa shape index (κ3) is 5.16. The van der Waals surface area contributed by atoms with Crippen LogP contribution in [0.2, 0.25) is 0 Å². The predicted molar refractivity (Wildman–Crippen MR) is 153 cm³/mol. The third-order valence-corrected chi connectivity index (χ3v) is 9.42. The van der Waals surface area contributed by atoms with Crippen molar-refractivity contribution < 1.29 is 0 Å². The molecule has 3 saturated heterocycles. The lowest BCUT2D eigenvalue weighted by Gasteiger charge is -2.53. The van der Waals surface area contributed by atoms with Gasteiger partial charge in [-0.25, -0.2) is 9.97 Å². The van der Waals surface area contributed by atoms with Crippen LogP contribution in [0.5, 0.6) is 0 Å². The molecule has 3 aliphatic heterocycles. The van der Waals surface area contributed by atoms with Crippen LogP contribution in [0.4, 0.5) is 16.6 Å². The summed E-state index contributed by atoms with van der Waals surface area (Å²) < 4.78 is 0. The van der Waals surface area contributed by atoms with E-state index in [0.717, 1.165) is 75.0 Å². The van der Waals surface area contributed by atoms with Crippen molar-refractivity contribution in [1.29, 1.82) is 5.26 Å². The molecular weight excluding hydrogens is 478 g/mol. The smallest absolute Gasteiger partial charge is 0.134 e. The van der Waals surface area contributed by atoms with Gasteiger partial charge in [0.25, 0.3) is 0 Å². The standard InChI is InChI=1S/C24H32N6S.C5H9N/c1-4-18-27-19(29-10-6-8-23(2,3)13-29)11-20(28-18)30-14-24(15-30)9-5-7-17-21(24)16(12-25)22(26)31-17;1-5-3-2-4-6-5/h11H,4-10,13-15,26H2,1-3H3;6H,1-4H2. The summed E-state index contributed by atoms with van der Waals surface area (Å²) in [5.41, 5.74) is 9.74. The van der Waals surface area contributed by atoms with E-state index in [1.54, 1.807) is 11.3 Å². The number of aryl methyl sites for hydroxylation is 2. The molecule has 37 heavy (non-hydrogen) atoms. The number of anilines is 3. The molecule has 1 aliphatic carbocycles. The minimum Gasteiger partial charge on any atom is -0.389 e. The summed E-state index contributed by atoms with van der Waals surface area (Å²) in [5, 5.41) is 13.5. The second-order valence-electron chi connectivity index (χ2n) is 11.9. The maximum atomic E-state index is 9.73. The van der Waals surface area contributed by atoms with E-state index in [-0.39, 0.29) is 5.41 Å². The van der Waals surface area contributed by atoms with Crippen molar-refractivity contribution in [3.8, 4) is 6.07 Å². The third-order valence-electron chi connectivity index (χ3n) is 8.34. The Bertz CT molecular complexity index is 1190. The molecule has 2 aromatic heterocycles. The number of rotatable bonds is 3. The zero-order valence-electron chi connectivity index (χ0n) is 22.7. The normalized spacial score (nSPS) is 21.4. The highest BCUT2D eigenvalue weighted by molar-refractivity contribution is 7.16. The number of allylic oxidation sites excluding steroid dienone is 1. The number of piperidine rings is 1. The maximum absolute atomic E-state index is 9.73. The van der Waals surface area contributed by atoms with Gasteiger partial charge in [0.15, 0.2) is 0 Å². The van der Waals surface area contributed by atoms with Crippen molar-refractivity contribution in [2.45, 2.75) is 77.6 Å². The van der Waals surface area contributed by atoms with Gasteiger partial charge in [0.05, 0.1) is 5.56 Å². The lowest BCUT2D eigenvalue weighted by Crippen LogP contribution is -2.61. The summed E-state index contributed by atoms with van der Waals surface area (Å²) in [7, 11) is 0. The first-order chi connectivity index (χ1) is 17.7. The number of nitrogen functional groups attached to an aromatic ring is 1. The van der Waals surface area contributed by atoms with Crippen LogP contribution in [0.15, 0.2) is 18.3 Å². The number of thiophene rings is 1. The maximum Gasteiger partial charge on any atom is 0.134 e. The quantitative estimate of drug-likeness (QED) is 0.578. The van der Waals surface area contributed by atoms with E-state index in [9.17, 15) is 5.26 Å². The zero-order chi connectivity index (χ0) is 26.2. The molecule has 7 nitrogen and oxygen atoms in total. The molecule has 6 rings (SSSR count). The molecule has 4 aliphatic rings. The first kappa shape index (κ1) is 25.8. The monoisotopic (exact) mass is 519 g/mol. The second-order valence-corrected chi connectivity index (χ2v) is 13.1. The van der Waals surface area contributed by atoms with E-state index in [4.69, 9.17) is 15.7 Å². The molecule has 3 N–H and O–H groups in total. The molecule has 0 radical (unpaired) electrons. The van der Waals surface area contributed by atoms with Gasteiger partial charge in [0, 0.05) is 61.2 Å². The Morgan fingerprint density at radius 2 is 1.86 bits per heavy atom. The van der Waals surface area contributed by atoms with Crippen LogP contribution in [0.3, 0.4) is 0 Å². The van der Waals surface area contributed by atoms with E-state index < -0.39 is 0 Å². The zero-order valence-corrected chi connectivity index (χ0v) is 23.5. The van der Waals surface area contributed by atoms with E-state index in [0.29, 0.717) is 10.4 Å². The molecule has 198 valence electrons. The number of hydrogen-bond donors (Lipinski definition) is 2. The summed E-state index contributed by atoms with van der Waals surface area (Å²) >= 11 is 1.62. The molecule has 0 atom stereocenters. The lowest BCUT2D eigenvalue weighted by atomic mass is 9.66. The molecular formula is C29H41N7S. The summed E-state index contributed by atoms with van der Waals surface area (Å²) in [6.45, 7) is 15.6. The Labute approximate surface area is 225 Å². The summed E-state index contributed by atoms with van der Waals surface area (Å²) in [6.07, 6.45) is 9.11. The minimum absolute atomic E-state index is 0.0529. The average Bonchev–Trinajstić information content (AvgIpc) is 3.47. The number of fused-ring (bicyclic) bond motifs is 2. The fraction of sp³-hybridized carbons (Fsp3) is 0.621. The van der Waals surface area contributed by atoms with Crippen molar-refractivity contribution in [2.24, 2.45) is 5.41 Å². The van der Waals surface area contributed by atoms with Crippen molar-refractivity contribution in [3.63, 3.8) is 0 Å². The van der Waals surface area contributed by atoms with Crippen LogP contribution in [0.25, 0.3) is 0 Å². The van der Waals surface area contributed by atoms with E-state index >= 15 is 0 Å². The number of nitrogens with zero attached hydrogens (tertiary/aromatic N) is 5. The van der Waals surface area contributed by atoms with Gasteiger partial charge in [-0.2, -0.15) is 5.26 Å². The molecule has 2 aromatic rings. The SMILES string of the molecule is C=C1CCCN1.CCc1nc(N2CCCC(C)(C)C2)cc(N2CC3(CCCc4sc(N)c(C#N)c43)C2)n1. The second kappa shape index (κ2) is 10.2. The molecule has 5 heterocycles. The molecule has 1 spiro atoms. The lowest BCUT2D eigenvalue weighted by molar-refractivity contribution is 0.283. The number of hydrogen-bond acceptors (Lipinski definition) is 8. The number of nitriles is 1. The molecule has 0 amide bonds. The Morgan fingerprint density at radius 3 is 2.46 bits per heavy atom. The highest BCUT2D eigenvalue weighted by atomic mass is 32.1. The van der Waals surface area contributed by atoms with Crippen LogP contribution >= 0.6 is 11.3 Å².